The van der Waals surface area contributed by atoms with Gasteiger partial charge in [0.2, 0.25) is 0 Å². The predicted molar refractivity (Wildman–Crippen MR) is 109 cm³/mol. The molecule has 0 spiro atoms. The molecule has 3 rings (SSSR count). The van der Waals surface area contributed by atoms with Crippen molar-refractivity contribution in [2.24, 2.45) is 0 Å². The third-order valence-corrected chi connectivity index (χ3v) is 5.97. The Labute approximate surface area is 167 Å². The molecule has 5 heteroatoms. The Morgan fingerprint density at radius 1 is 1.21 bits per heavy atom. The zero-order chi connectivity index (χ0) is 20.0. The summed E-state index contributed by atoms with van der Waals surface area (Å²) < 4.78 is 7.15. The van der Waals surface area contributed by atoms with Crippen molar-refractivity contribution in [1.82, 2.24) is 9.55 Å². The minimum absolute atomic E-state index is 0.125. The lowest BCUT2D eigenvalue weighted by Gasteiger charge is -2.35. The number of ether oxygens (including phenoxy) is 1. The van der Waals surface area contributed by atoms with Crippen LogP contribution in [0.3, 0.4) is 0 Å². The Morgan fingerprint density at radius 3 is 2.54 bits per heavy atom. The first-order valence-corrected chi connectivity index (χ1v) is 10.3. The molecule has 0 N–H and O–H groups in total. The molecular weight excluding hydrogens is 352 g/mol. The molecule has 1 aromatic heterocycles. The Hall–Kier alpha value is -2.43. The van der Waals surface area contributed by atoms with E-state index >= 15 is 0 Å². The van der Waals surface area contributed by atoms with Crippen LogP contribution in [0.2, 0.25) is 0 Å². The van der Waals surface area contributed by atoms with Crippen LogP contribution in [-0.4, -0.2) is 28.9 Å². The average Bonchev–Trinajstić information content (AvgIpc) is 3.14. The zero-order valence-electron chi connectivity index (χ0n) is 16.9. The second kappa shape index (κ2) is 9.18. The number of rotatable bonds is 8. The van der Waals surface area contributed by atoms with Crippen molar-refractivity contribution in [1.29, 1.82) is 0 Å². The number of imidazole rings is 1. The summed E-state index contributed by atoms with van der Waals surface area (Å²) in [6.45, 7) is 2.76. The highest BCUT2D eigenvalue weighted by atomic mass is 16.5. The van der Waals surface area contributed by atoms with E-state index in [2.05, 4.69) is 36.2 Å². The van der Waals surface area contributed by atoms with Gasteiger partial charge in [0, 0.05) is 13.0 Å². The molecule has 0 aliphatic heterocycles. The second-order valence-corrected chi connectivity index (χ2v) is 7.74. The predicted octanol–water partition coefficient (Wildman–Crippen LogP) is 4.46. The van der Waals surface area contributed by atoms with Crippen LogP contribution in [0.1, 0.15) is 79.3 Å². The first-order chi connectivity index (χ1) is 13.6. The van der Waals surface area contributed by atoms with Crippen molar-refractivity contribution in [3.05, 3.63) is 53.1 Å². The van der Waals surface area contributed by atoms with Gasteiger partial charge in [0.1, 0.15) is 11.5 Å². The van der Waals surface area contributed by atoms with Crippen LogP contribution in [0.15, 0.2) is 30.5 Å². The number of methoxy groups -OCH3 is 1. The Bertz CT molecular complexity index is 802. The maximum absolute atomic E-state index is 12.6. The fourth-order valence-corrected chi connectivity index (χ4v) is 4.31. The van der Waals surface area contributed by atoms with Crippen molar-refractivity contribution < 1.29 is 14.3 Å². The summed E-state index contributed by atoms with van der Waals surface area (Å²) in [6, 6.07) is 8.24. The molecule has 1 fully saturated rings. The summed E-state index contributed by atoms with van der Waals surface area (Å²) in [5.74, 6) is 0.825. The van der Waals surface area contributed by atoms with Gasteiger partial charge in [-0.3, -0.25) is 9.59 Å². The van der Waals surface area contributed by atoms with Crippen molar-refractivity contribution in [3.63, 3.8) is 0 Å². The number of benzene rings is 1. The fourth-order valence-electron chi connectivity index (χ4n) is 4.31. The quantitative estimate of drug-likeness (QED) is 0.499. The highest BCUT2D eigenvalue weighted by molar-refractivity contribution is 5.83. The van der Waals surface area contributed by atoms with Crippen LogP contribution in [0.5, 0.6) is 0 Å². The van der Waals surface area contributed by atoms with Crippen molar-refractivity contribution in [3.8, 4) is 0 Å². The molecule has 1 heterocycles. The van der Waals surface area contributed by atoms with Gasteiger partial charge in [-0.05, 0) is 30.4 Å². The van der Waals surface area contributed by atoms with E-state index in [4.69, 9.17) is 4.74 Å². The smallest absolute Gasteiger partial charge is 0.316 e. The summed E-state index contributed by atoms with van der Waals surface area (Å²) in [6.07, 6.45) is 10.5. The summed E-state index contributed by atoms with van der Waals surface area (Å²) >= 11 is 0. The third-order valence-electron chi connectivity index (χ3n) is 5.97. The minimum atomic E-state index is -0.513. The van der Waals surface area contributed by atoms with Gasteiger partial charge >= 0.3 is 5.97 Å². The zero-order valence-corrected chi connectivity index (χ0v) is 16.9. The minimum Gasteiger partial charge on any atom is -0.468 e. The van der Waals surface area contributed by atoms with E-state index in [0.717, 1.165) is 68.2 Å². The fraction of sp³-hybridized carbons (Fsp3) is 0.522. The number of aromatic nitrogens is 2. The van der Waals surface area contributed by atoms with Gasteiger partial charge in [-0.1, -0.05) is 56.9 Å². The van der Waals surface area contributed by atoms with Gasteiger partial charge in [0.25, 0.3) is 0 Å². The number of hydrogen-bond donors (Lipinski definition) is 0. The van der Waals surface area contributed by atoms with Gasteiger partial charge in [-0.2, -0.15) is 0 Å². The van der Waals surface area contributed by atoms with Gasteiger partial charge < -0.3 is 9.30 Å². The van der Waals surface area contributed by atoms with Crippen molar-refractivity contribution in [2.45, 2.75) is 70.3 Å². The molecule has 1 aliphatic carbocycles. The van der Waals surface area contributed by atoms with Gasteiger partial charge in [0.05, 0.1) is 18.7 Å². The monoisotopic (exact) mass is 382 g/mol. The molecule has 2 aromatic rings. The SMILES string of the molecule is CCCCc1ncc(C=O)n1Cc1ccc(C2(C(=O)OC)CCCCC2)cc1. The highest BCUT2D eigenvalue weighted by Gasteiger charge is 2.42. The molecule has 150 valence electrons. The Kier molecular flexibility index (Phi) is 6.65. The van der Waals surface area contributed by atoms with Crippen molar-refractivity contribution >= 4 is 12.3 Å². The van der Waals surface area contributed by atoms with Crippen LogP contribution >= 0.6 is 0 Å². The van der Waals surface area contributed by atoms with Crippen LogP contribution in [0, 0.1) is 0 Å². The van der Waals surface area contributed by atoms with E-state index in [0.29, 0.717) is 12.2 Å². The number of nitrogens with zero attached hydrogens (tertiary/aromatic N) is 2. The largest absolute Gasteiger partial charge is 0.468 e. The first kappa shape index (κ1) is 20.3. The normalized spacial score (nSPS) is 15.9. The maximum Gasteiger partial charge on any atom is 0.316 e. The van der Waals surface area contributed by atoms with Crippen LogP contribution in [0.4, 0.5) is 0 Å². The lowest BCUT2D eigenvalue weighted by atomic mass is 9.69. The number of hydrogen-bond acceptors (Lipinski definition) is 4. The average molecular weight is 383 g/mol. The molecule has 0 bridgehead atoms. The van der Waals surface area contributed by atoms with Gasteiger partial charge in [-0.25, -0.2) is 4.98 Å². The lowest BCUT2D eigenvalue weighted by Crippen LogP contribution is -2.38. The molecule has 0 amide bonds. The first-order valence-electron chi connectivity index (χ1n) is 10.3. The molecule has 1 aliphatic rings. The molecule has 1 saturated carbocycles. The number of aryl methyl sites for hydroxylation is 1. The molecular formula is C23H30N2O3. The number of unbranched alkanes of at least 4 members (excludes halogenated alkanes) is 1. The molecule has 1 aromatic carbocycles. The summed E-state index contributed by atoms with van der Waals surface area (Å²) in [5.41, 5.74) is 2.22. The summed E-state index contributed by atoms with van der Waals surface area (Å²) in [5, 5.41) is 0. The number of carbonyl (C=O) groups excluding carboxylic acids is 2. The standard InChI is InChI=1S/C23H30N2O3/c1-3-4-8-21-24-15-20(17-26)25(21)16-18-9-11-19(12-10-18)23(22(27)28-2)13-6-5-7-14-23/h9-12,15,17H,3-8,13-14,16H2,1-2H3. The van der Waals surface area contributed by atoms with E-state index in [-0.39, 0.29) is 5.97 Å². The topological polar surface area (TPSA) is 61.2 Å². The van der Waals surface area contributed by atoms with E-state index in [1.165, 1.54) is 13.5 Å². The Balaban J connectivity index is 1.84. The molecule has 5 nitrogen and oxygen atoms in total. The van der Waals surface area contributed by atoms with Gasteiger partial charge in [0.15, 0.2) is 6.29 Å². The number of carbonyl (C=O) groups is 2. The van der Waals surface area contributed by atoms with E-state index in [1.807, 2.05) is 4.57 Å². The van der Waals surface area contributed by atoms with Crippen LogP contribution in [-0.2, 0) is 27.9 Å². The van der Waals surface area contributed by atoms with Gasteiger partial charge in [-0.15, -0.1) is 0 Å². The van der Waals surface area contributed by atoms with E-state index in [1.54, 1.807) is 6.20 Å². The van der Waals surface area contributed by atoms with Crippen LogP contribution < -0.4 is 0 Å². The second-order valence-electron chi connectivity index (χ2n) is 7.74. The Morgan fingerprint density at radius 2 is 1.93 bits per heavy atom. The lowest BCUT2D eigenvalue weighted by molar-refractivity contribution is -0.149. The summed E-state index contributed by atoms with van der Waals surface area (Å²) in [7, 11) is 1.48. The number of esters is 1. The molecule has 28 heavy (non-hydrogen) atoms. The number of aldehydes is 1. The van der Waals surface area contributed by atoms with Crippen molar-refractivity contribution in [2.75, 3.05) is 7.11 Å². The van der Waals surface area contributed by atoms with Crippen LogP contribution in [0.25, 0.3) is 0 Å². The summed E-state index contributed by atoms with van der Waals surface area (Å²) in [4.78, 5) is 28.4. The van der Waals surface area contributed by atoms with E-state index in [9.17, 15) is 9.59 Å². The molecule has 0 unspecified atom stereocenters. The molecule has 0 atom stereocenters. The molecule has 0 saturated heterocycles. The highest BCUT2D eigenvalue weighted by Crippen LogP contribution is 2.40. The molecule has 0 radical (unpaired) electrons. The maximum atomic E-state index is 12.6. The third kappa shape index (κ3) is 4.03. The van der Waals surface area contributed by atoms with E-state index < -0.39 is 5.41 Å².